The fourth-order valence-corrected chi connectivity index (χ4v) is 5.86. The minimum atomic E-state index is -0.885. The zero-order valence-electron chi connectivity index (χ0n) is 18.7. The summed E-state index contributed by atoms with van der Waals surface area (Å²) in [7, 11) is 0. The number of nitrogens with zero attached hydrogens (tertiary/aromatic N) is 2. The van der Waals surface area contributed by atoms with E-state index < -0.39 is 11.6 Å². The van der Waals surface area contributed by atoms with Crippen LogP contribution in [-0.4, -0.2) is 8.75 Å². The van der Waals surface area contributed by atoms with E-state index in [-0.39, 0.29) is 11.1 Å². The molecule has 0 saturated heterocycles. The third kappa shape index (κ3) is 5.65. The largest absolute Gasteiger partial charge is 0.203 e. The molecule has 4 rings (SSSR count). The molecule has 7 heteroatoms. The first-order valence-electron chi connectivity index (χ1n) is 11.2. The molecule has 0 aliphatic carbocycles. The summed E-state index contributed by atoms with van der Waals surface area (Å²) in [6, 6.07) is 4.21. The lowest BCUT2D eigenvalue weighted by molar-refractivity contribution is 0.507. The number of aromatic nitrogens is 2. The predicted molar refractivity (Wildman–Crippen MR) is 141 cm³/mol. The van der Waals surface area contributed by atoms with Gasteiger partial charge in [0, 0.05) is 20.9 Å². The Morgan fingerprint density at radius 1 is 0.727 bits per heavy atom. The lowest BCUT2D eigenvalue weighted by Crippen LogP contribution is -1.96. The van der Waals surface area contributed by atoms with Crippen molar-refractivity contribution in [3.8, 4) is 0 Å². The molecule has 0 amide bonds. The molecular weight excluding hydrogens is 474 g/mol. The highest BCUT2D eigenvalue weighted by Gasteiger charge is 2.20. The zero-order chi connectivity index (χ0) is 23.2. The van der Waals surface area contributed by atoms with Crippen molar-refractivity contribution < 1.29 is 8.78 Å². The summed E-state index contributed by atoms with van der Waals surface area (Å²) in [6.45, 7) is 4.34. The first-order chi connectivity index (χ1) is 16.1. The van der Waals surface area contributed by atoms with E-state index in [4.69, 9.17) is 0 Å². The first kappa shape index (κ1) is 23.9. The maximum Gasteiger partial charge on any atom is 0.169 e. The van der Waals surface area contributed by atoms with E-state index in [9.17, 15) is 0 Å². The summed E-state index contributed by atoms with van der Waals surface area (Å²) in [5.74, 6) is -1.77. The van der Waals surface area contributed by atoms with Crippen molar-refractivity contribution in [1.29, 1.82) is 0 Å². The molecule has 172 valence electrons. The number of rotatable bonds is 10. The quantitative estimate of drug-likeness (QED) is 0.217. The van der Waals surface area contributed by atoms with Crippen molar-refractivity contribution in [3.63, 3.8) is 0 Å². The Labute approximate surface area is 205 Å². The van der Waals surface area contributed by atoms with E-state index in [1.807, 2.05) is 12.2 Å². The molecular formula is C26H26F2N2S3. The first-order valence-corrected chi connectivity index (χ1v) is 13.7. The van der Waals surface area contributed by atoms with Crippen LogP contribution in [-0.2, 0) is 12.8 Å². The molecule has 4 aromatic rings. The fourth-order valence-electron chi connectivity index (χ4n) is 3.61. The van der Waals surface area contributed by atoms with E-state index in [2.05, 4.69) is 45.5 Å². The van der Waals surface area contributed by atoms with Crippen LogP contribution in [0.15, 0.2) is 22.9 Å². The number of aryl methyl sites for hydroxylation is 2. The van der Waals surface area contributed by atoms with Gasteiger partial charge in [-0.05, 0) is 84.0 Å². The average Bonchev–Trinajstić information content (AvgIpc) is 3.57. The highest BCUT2D eigenvalue weighted by molar-refractivity contribution is 7.11. The van der Waals surface area contributed by atoms with Gasteiger partial charge in [0.2, 0.25) is 0 Å². The van der Waals surface area contributed by atoms with E-state index in [0.717, 1.165) is 60.0 Å². The van der Waals surface area contributed by atoms with Crippen molar-refractivity contribution in [1.82, 2.24) is 8.75 Å². The topological polar surface area (TPSA) is 25.8 Å². The molecule has 0 aliphatic heterocycles. The Hall–Kier alpha value is -2.22. The molecule has 3 heterocycles. The summed E-state index contributed by atoms with van der Waals surface area (Å²) in [6.07, 6.45) is 13.5. The highest BCUT2D eigenvalue weighted by atomic mass is 32.1. The molecule has 33 heavy (non-hydrogen) atoms. The molecule has 0 radical (unpaired) electrons. The third-order valence-corrected chi connectivity index (χ3v) is 7.90. The molecule has 0 aliphatic rings. The standard InChI is InChI=1S/C26H26F2N2S3/c1-3-5-7-17-13-19(31-15-17)9-11-21-23(27)24(28)22(26-25(21)29-33-30-26)12-10-20-14-18(16-32-20)8-6-4-2/h9-16H,3-8H2,1-2H3/b11-9+,12-10+. The van der Waals surface area contributed by atoms with Crippen LogP contribution in [0, 0.1) is 11.6 Å². The van der Waals surface area contributed by atoms with Gasteiger partial charge < -0.3 is 0 Å². The highest BCUT2D eigenvalue weighted by Crippen LogP contribution is 2.31. The van der Waals surface area contributed by atoms with Gasteiger partial charge in [0.05, 0.1) is 11.7 Å². The summed E-state index contributed by atoms with van der Waals surface area (Å²) in [5, 5.41) is 4.25. The second-order valence-corrected chi connectivity index (χ2v) is 10.4. The van der Waals surface area contributed by atoms with Crippen LogP contribution in [0.3, 0.4) is 0 Å². The van der Waals surface area contributed by atoms with Crippen LogP contribution in [0.25, 0.3) is 35.3 Å². The third-order valence-electron chi connectivity index (χ3n) is 5.48. The number of unbranched alkanes of at least 4 members (excludes halogenated alkanes) is 2. The molecule has 2 nitrogen and oxygen atoms in total. The summed E-state index contributed by atoms with van der Waals surface area (Å²) in [4.78, 5) is 2.02. The van der Waals surface area contributed by atoms with Gasteiger partial charge in [-0.1, -0.05) is 26.7 Å². The van der Waals surface area contributed by atoms with Gasteiger partial charge in [-0.25, -0.2) is 8.78 Å². The average molecular weight is 501 g/mol. The fraction of sp³-hybridized carbons (Fsp3) is 0.308. The van der Waals surface area contributed by atoms with Crippen molar-refractivity contribution in [2.24, 2.45) is 0 Å². The number of benzene rings is 1. The zero-order valence-corrected chi connectivity index (χ0v) is 21.2. The minimum Gasteiger partial charge on any atom is -0.203 e. The van der Waals surface area contributed by atoms with Gasteiger partial charge in [-0.2, -0.15) is 8.75 Å². The van der Waals surface area contributed by atoms with E-state index >= 15 is 8.78 Å². The lowest BCUT2D eigenvalue weighted by atomic mass is 10.0. The van der Waals surface area contributed by atoms with Crippen molar-refractivity contribution in [3.05, 3.63) is 66.5 Å². The molecule has 0 unspecified atom stereocenters. The summed E-state index contributed by atoms with van der Waals surface area (Å²) < 4.78 is 38.7. The minimum absolute atomic E-state index is 0.148. The normalized spacial score (nSPS) is 12.1. The molecule has 3 aromatic heterocycles. The molecule has 0 bridgehead atoms. The Kier molecular flexibility index (Phi) is 8.17. The predicted octanol–water partition coefficient (Wildman–Crippen LogP) is 9.12. The monoisotopic (exact) mass is 500 g/mol. The van der Waals surface area contributed by atoms with Crippen molar-refractivity contribution in [2.75, 3.05) is 0 Å². The number of thiophene rings is 2. The van der Waals surface area contributed by atoms with Crippen LogP contribution in [0.4, 0.5) is 8.78 Å². The van der Waals surface area contributed by atoms with Gasteiger partial charge >= 0.3 is 0 Å². The van der Waals surface area contributed by atoms with Crippen LogP contribution in [0.5, 0.6) is 0 Å². The Morgan fingerprint density at radius 2 is 1.18 bits per heavy atom. The van der Waals surface area contributed by atoms with Crippen LogP contribution in [0.2, 0.25) is 0 Å². The molecule has 0 spiro atoms. The van der Waals surface area contributed by atoms with Crippen molar-refractivity contribution in [2.45, 2.75) is 52.4 Å². The second-order valence-electron chi connectivity index (χ2n) is 8.01. The van der Waals surface area contributed by atoms with E-state index in [0.29, 0.717) is 11.0 Å². The van der Waals surface area contributed by atoms with Gasteiger partial charge in [0.1, 0.15) is 11.0 Å². The van der Waals surface area contributed by atoms with Gasteiger partial charge in [0.15, 0.2) is 11.6 Å². The van der Waals surface area contributed by atoms with Crippen LogP contribution in [0.1, 0.15) is 71.5 Å². The van der Waals surface area contributed by atoms with E-state index in [1.54, 1.807) is 34.8 Å². The number of halogens is 2. The molecule has 0 saturated carbocycles. The number of fused-ring (bicyclic) bond motifs is 1. The Bertz CT molecular complexity index is 1180. The van der Waals surface area contributed by atoms with Crippen LogP contribution >= 0.6 is 34.4 Å². The SMILES string of the molecule is CCCCc1csc(/C=C/c2c(F)c(F)c(/C=C/c3cc(CCCC)cs3)c3nsnc23)c1. The molecule has 0 atom stereocenters. The molecule has 1 aromatic carbocycles. The Balaban J connectivity index is 1.61. The molecule has 0 fully saturated rings. The van der Waals surface area contributed by atoms with Crippen LogP contribution < -0.4 is 0 Å². The smallest absolute Gasteiger partial charge is 0.169 e. The molecule has 0 N–H and O–H groups in total. The van der Waals surface area contributed by atoms with Crippen molar-refractivity contribution >= 4 is 69.7 Å². The maximum absolute atomic E-state index is 15.1. The lowest BCUT2D eigenvalue weighted by Gasteiger charge is -2.04. The summed E-state index contributed by atoms with van der Waals surface area (Å²) >= 11 is 4.18. The number of hydrogen-bond acceptors (Lipinski definition) is 5. The Morgan fingerprint density at radius 3 is 1.61 bits per heavy atom. The van der Waals surface area contributed by atoms with Gasteiger partial charge in [-0.3, -0.25) is 0 Å². The van der Waals surface area contributed by atoms with Gasteiger partial charge in [0.25, 0.3) is 0 Å². The maximum atomic E-state index is 15.1. The number of hydrogen-bond donors (Lipinski definition) is 0. The van der Waals surface area contributed by atoms with E-state index in [1.165, 1.54) is 11.1 Å². The van der Waals surface area contributed by atoms with Gasteiger partial charge in [-0.15, -0.1) is 22.7 Å². The second kappa shape index (κ2) is 11.3. The summed E-state index contributed by atoms with van der Waals surface area (Å²) in [5.41, 5.74) is 3.64.